The maximum atomic E-state index is 12.4. The molecule has 0 N–H and O–H groups in total. The highest BCUT2D eigenvalue weighted by Gasteiger charge is 2.32. The minimum Gasteiger partial charge on any atom is -0.476 e. The molecule has 2 aromatic carbocycles. The highest BCUT2D eigenvalue weighted by molar-refractivity contribution is 7.98. The molecule has 0 aliphatic rings. The molecule has 0 fully saturated rings. The Labute approximate surface area is 170 Å². The molecule has 28 heavy (non-hydrogen) atoms. The zero-order valence-electron chi connectivity index (χ0n) is 17.2. The Hall–Kier alpha value is -2.53. The fourth-order valence-electron chi connectivity index (χ4n) is 2.81. The van der Waals surface area contributed by atoms with Crippen molar-refractivity contribution in [3.05, 3.63) is 64.7 Å². The number of carbonyl (C=O) groups is 2. The molecule has 0 saturated carbocycles. The van der Waals surface area contributed by atoms with Crippen molar-refractivity contribution in [3.63, 3.8) is 0 Å². The molecular formula is C23H26O4S. The molecule has 0 atom stereocenters. The largest absolute Gasteiger partial charge is 0.476 e. The van der Waals surface area contributed by atoms with Gasteiger partial charge in [-0.05, 0) is 93.1 Å². The highest BCUT2D eigenvalue weighted by atomic mass is 32.2. The van der Waals surface area contributed by atoms with Crippen molar-refractivity contribution < 1.29 is 19.1 Å². The van der Waals surface area contributed by atoms with E-state index >= 15 is 0 Å². The number of benzene rings is 2. The molecule has 0 heterocycles. The first-order valence-electron chi connectivity index (χ1n) is 8.93. The molecule has 0 aromatic heterocycles. The molecular weight excluding hydrogens is 372 g/mol. The van der Waals surface area contributed by atoms with Crippen LogP contribution in [0.3, 0.4) is 0 Å². The maximum absolute atomic E-state index is 12.4. The van der Waals surface area contributed by atoms with Gasteiger partial charge >= 0.3 is 5.97 Å². The molecule has 0 saturated heterocycles. The number of rotatable bonds is 7. The van der Waals surface area contributed by atoms with E-state index in [0.717, 1.165) is 21.6 Å². The Morgan fingerprint density at radius 1 is 1.04 bits per heavy atom. The van der Waals surface area contributed by atoms with Gasteiger partial charge in [-0.2, -0.15) is 0 Å². The fraction of sp³-hybridized carbons (Fsp3) is 0.304. The average Bonchev–Trinajstić information content (AvgIpc) is 2.68. The third-order valence-corrected chi connectivity index (χ3v) is 5.06. The quantitative estimate of drug-likeness (QED) is 0.276. The number of methoxy groups -OCH3 is 1. The van der Waals surface area contributed by atoms with Gasteiger partial charge in [0.05, 0.1) is 7.11 Å². The van der Waals surface area contributed by atoms with Gasteiger partial charge in [-0.15, -0.1) is 11.8 Å². The summed E-state index contributed by atoms with van der Waals surface area (Å²) in [6.07, 6.45) is 5.36. The zero-order chi connectivity index (χ0) is 20.9. The van der Waals surface area contributed by atoms with Crippen LogP contribution in [-0.2, 0) is 9.53 Å². The summed E-state index contributed by atoms with van der Waals surface area (Å²) >= 11 is 1.64. The molecule has 4 nitrogen and oxygen atoms in total. The zero-order valence-corrected chi connectivity index (χ0v) is 18.0. The summed E-state index contributed by atoms with van der Waals surface area (Å²) in [7, 11) is 1.34. The van der Waals surface area contributed by atoms with Crippen LogP contribution in [0.2, 0.25) is 0 Å². The second kappa shape index (κ2) is 9.11. The van der Waals surface area contributed by atoms with Crippen LogP contribution in [0.15, 0.2) is 47.4 Å². The fourth-order valence-corrected chi connectivity index (χ4v) is 3.22. The van der Waals surface area contributed by atoms with E-state index in [1.807, 2.05) is 56.5 Å². The van der Waals surface area contributed by atoms with Crippen LogP contribution in [0.1, 0.15) is 40.9 Å². The lowest BCUT2D eigenvalue weighted by Crippen LogP contribution is -2.39. The van der Waals surface area contributed by atoms with Crippen LogP contribution in [-0.4, -0.2) is 30.7 Å². The summed E-state index contributed by atoms with van der Waals surface area (Å²) < 4.78 is 10.7. The summed E-state index contributed by atoms with van der Waals surface area (Å²) in [6.45, 7) is 7.17. The Balaban J connectivity index is 2.20. The van der Waals surface area contributed by atoms with Gasteiger partial charge in [0.15, 0.2) is 11.4 Å². The van der Waals surface area contributed by atoms with Crippen molar-refractivity contribution in [1.29, 1.82) is 0 Å². The first-order valence-corrected chi connectivity index (χ1v) is 10.2. The number of carbonyl (C=O) groups excluding carboxylic acids is 2. The smallest absolute Gasteiger partial charge is 0.349 e. The predicted molar refractivity (Wildman–Crippen MR) is 114 cm³/mol. The van der Waals surface area contributed by atoms with Gasteiger partial charge in [-0.25, -0.2) is 4.79 Å². The third kappa shape index (κ3) is 5.26. The first kappa shape index (κ1) is 21.8. The van der Waals surface area contributed by atoms with Crippen molar-refractivity contribution in [2.24, 2.45) is 0 Å². The van der Waals surface area contributed by atoms with Crippen molar-refractivity contribution in [2.45, 2.75) is 38.2 Å². The van der Waals surface area contributed by atoms with E-state index in [-0.39, 0.29) is 5.78 Å². The summed E-state index contributed by atoms with van der Waals surface area (Å²) in [5, 5.41) is 0. The topological polar surface area (TPSA) is 52.6 Å². The number of hydrogen-bond donors (Lipinski definition) is 0. The SMILES string of the molecule is COC(=O)C(C)(C)Oc1c(C)cc(/C=C/C(=O)c2ccc(SC)cc2)cc1C. The van der Waals surface area contributed by atoms with Gasteiger partial charge in [0.2, 0.25) is 0 Å². The van der Waals surface area contributed by atoms with E-state index in [9.17, 15) is 9.59 Å². The molecule has 0 radical (unpaired) electrons. The summed E-state index contributed by atoms with van der Waals surface area (Å²) in [6, 6.07) is 11.4. The van der Waals surface area contributed by atoms with E-state index < -0.39 is 11.6 Å². The Bertz CT molecular complexity index is 872. The molecule has 0 spiro atoms. The molecule has 2 rings (SSSR count). The number of ketones is 1. The van der Waals surface area contributed by atoms with E-state index in [0.29, 0.717) is 11.3 Å². The monoisotopic (exact) mass is 398 g/mol. The lowest BCUT2D eigenvalue weighted by Gasteiger charge is -2.25. The van der Waals surface area contributed by atoms with Gasteiger partial charge in [0, 0.05) is 10.5 Å². The Morgan fingerprint density at radius 3 is 2.11 bits per heavy atom. The molecule has 0 unspecified atom stereocenters. The summed E-state index contributed by atoms with van der Waals surface area (Å²) in [4.78, 5) is 25.4. The van der Waals surface area contributed by atoms with E-state index in [2.05, 4.69) is 0 Å². The van der Waals surface area contributed by atoms with Crippen LogP contribution < -0.4 is 4.74 Å². The predicted octanol–water partition coefficient (Wildman–Crippen LogP) is 5.25. The van der Waals surface area contributed by atoms with E-state index in [4.69, 9.17) is 9.47 Å². The van der Waals surface area contributed by atoms with Crippen LogP contribution in [0.5, 0.6) is 5.75 Å². The maximum Gasteiger partial charge on any atom is 0.349 e. The molecule has 0 amide bonds. The minimum atomic E-state index is -1.08. The van der Waals surface area contributed by atoms with E-state index in [1.165, 1.54) is 7.11 Å². The average molecular weight is 399 g/mol. The van der Waals surface area contributed by atoms with Crippen molar-refractivity contribution in [1.82, 2.24) is 0 Å². The number of esters is 1. The highest BCUT2D eigenvalue weighted by Crippen LogP contribution is 2.29. The standard InChI is InChI=1S/C23H26O4S/c1-15-13-17(7-12-20(24)18-8-10-19(28-6)11-9-18)14-16(2)21(15)27-23(3,4)22(25)26-5/h7-14H,1-6H3/b12-7+. The van der Waals surface area contributed by atoms with Crippen LogP contribution in [0.4, 0.5) is 0 Å². The third-order valence-electron chi connectivity index (χ3n) is 4.32. The van der Waals surface area contributed by atoms with E-state index in [1.54, 1.807) is 37.8 Å². The molecule has 148 valence electrons. The summed E-state index contributed by atoms with van der Waals surface area (Å²) in [5.41, 5.74) is 2.23. The number of thioether (sulfide) groups is 1. The Kier molecular flexibility index (Phi) is 7.08. The van der Waals surface area contributed by atoms with Crippen molar-refractivity contribution in [2.75, 3.05) is 13.4 Å². The molecule has 5 heteroatoms. The van der Waals surface area contributed by atoms with Gasteiger partial charge in [0.25, 0.3) is 0 Å². The molecule has 0 aliphatic heterocycles. The number of ether oxygens (including phenoxy) is 2. The van der Waals surface area contributed by atoms with Crippen LogP contribution in [0.25, 0.3) is 6.08 Å². The first-order chi connectivity index (χ1) is 13.2. The molecule has 2 aromatic rings. The lowest BCUT2D eigenvalue weighted by atomic mass is 10.0. The van der Waals surface area contributed by atoms with Gasteiger partial charge in [-0.3, -0.25) is 4.79 Å². The molecule has 0 bridgehead atoms. The van der Waals surface area contributed by atoms with Crippen LogP contribution in [0, 0.1) is 13.8 Å². The Morgan fingerprint density at radius 2 is 1.61 bits per heavy atom. The van der Waals surface area contributed by atoms with Crippen LogP contribution >= 0.6 is 11.8 Å². The van der Waals surface area contributed by atoms with Gasteiger partial charge in [-0.1, -0.05) is 6.08 Å². The molecule has 0 aliphatic carbocycles. The second-order valence-corrected chi connectivity index (χ2v) is 7.89. The minimum absolute atomic E-state index is 0.0462. The lowest BCUT2D eigenvalue weighted by molar-refractivity contribution is -0.156. The second-order valence-electron chi connectivity index (χ2n) is 7.01. The normalized spacial score (nSPS) is 11.5. The summed E-state index contributed by atoms with van der Waals surface area (Å²) in [5.74, 6) is 0.162. The number of aryl methyl sites for hydroxylation is 2. The van der Waals surface area contributed by atoms with Gasteiger partial charge in [0.1, 0.15) is 5.75 Å². The number of allylic oxidation sites excluding steroid dienone is 1. The van der Waals surface area contributed by atoms with Gasteiger partial charge < -0.3 is 9.47 Å². The van der Waals surface area contributed by atoms with Crippen molar-refractivity contribution in [3.8, 4) is 5.75 Å². The number of hydrogen-bond acceptors (Lipinski definition) is 5. The van der Waals surface area contributed by atoms with Crippen molar-refractivity contribution >= 4 is 29.6 Å².